The largest absolute Gasteiger partial charge is 0.402 e. The number of aromatic nitrogens is 3. The van der Waals surface area contributed by atoms with Gasteiger partial charge in [-0.1, -0.05) is 6.07 Å². The third kappa shape index (κ3) is 6.69. The first-order valence-electron chi connectivity index (χ1n) is 11.6. The molecule has 0 bridgehead atoms. The zero-order chi connectivity index (χ0) is 24.7. The molecule has 2 aromatic rings. The van der Waals surface area contributed by atoms with Crippen LogP contribution in [0.3, 0.4) is 0 Å². The topological polar surface area (TPSA) is 137 Å². The molecule has 1 aliphatic rings. The molecule has 34 heavy (non-hydrogen) atoms. The maximum Gasteiger partial charge on any atom is 0.222 e. The minimum Gasteiger partial charge on any atom is -0.402 e. The fourth-order valence-corrected chi connectivity index (χ4v) is 4.22. The van der Waals surface area contributed by atoms with Crippen molar-refractivity contribution in [2.45, 2.75) is 52.9 Å². The van der Waals surface area contributed by atoms with Crippen LogP contribution in [-0.2, 0) is 11.2 Å². The van der Waals surface area contributed by atoms with Crippen LogP contribution in [0.5, 0.6) is 0 Å². The van der Waals surface area contributed by atoms with Crippen molar-refractivity contribution < 1.29 is 4.79 Å². The lowest BCUT2D eigenvalue weighted by Crippen LogP contribution is -2.39. The van der Waals surface area contributed by atoms with Gasteiger partial charge in [0.15, 0.2) is 5.82 Å². The predicted molar refractivity (Wildman–Crippen MR) is 133 cm³/mol. The molecule has 0 aromatic carbocycles. The van der Waals surface area contributed by atoms with Crippen molar-refractivity contribution in [1.82, 2.24) is 19.7 Å². The summed E-state index contributed by atoms with van der Waals surface area (Å²) in [6, 6.07) is 9.20. The van der Waals surface area contributed by atoms with E-state index >= 15 is 0 Å². The van der Waals surface area contributed by atoms with Crippen LogP contribution >= 0.6 is 0 Å². The Morgan fingerprint density at radius 3 is 2.50 bits per heavy atom. The van der Waals surface area contributed by atoms with E-state index in [1.165, 1.54) is 4.68 Å². The van der Waals surface area contributed by atoms with E-state index in [1.807, 2.05) is 37.1 Å². The summed E-state index contributed by atoms with van der Waals surface area (Å²) in [5, 5.41) is 19.8. The van der Waals surface area contributed by atoms with Gasteiger partial charge >= 0.3 is 0 Å². The Hall–Kier alpha value is -3.62. The number of piperidine rings is 1. The molecule has 0 saturated carbocycles. The third-order valence-corrected chi connectivity index (χ3v) is 6.11. The summed E-state index contributed by atoms with van der Waals surface area (Å²) in [5.74, 6) is 1.22. The van der Waals surface area contributed by atoms with Crippen molar-refractivity contribution in [3.8, 4) is 0 Å². The SMILES string of the molecule is CC(=N)n1nc(N=C(C)C(CCC(=O)N2CCC(Cc3ccccn3)CC2)=C(C)N)ccc1=N. The average Bonchev–Trinajstić information content (AvgIpc) is 2.81. The summed E-state index contributed by atoms with van der Waals surface area (Å²) in [6.07, 6.45) is 5.66. The first-order valence-corrected chi connectivity index (χ1v) is 11.6. The van der Waals surface area contributed by atoms with E-state index in [0.717, 1.165) is 43.6 Å². The third-order valence-electron chi connectivity index (χ3n) is 6.11. The number of carbonyl (C=O) groups excluding carboxylic acids is 1. The standard InChI is InChI=1S/C25H34N8O/c1-17(26)22(18(2)30-24-9-8-23(28)33(31-24)19(3)27)7-10-25(34)32-14-11-20(12-15-32)16-21-6-4-5-13-29-21/h4-6,8-9,13,20,27-28H,7,10-12,14-16,26H2,1-3H3. The zero-order valence-corrected chi connectivity index (χ0v) is 20.2. The maximum atomic E-state index is 12.9. The molecule has 9 heteroatoms. The Morgan fingerprint density at radius 1 is 1.15 bits per heavy atom. The van der Waals surface area contributed by atoms with E-state index in [9.17, 15) is 4.79 Å². The normalized spacial score (nSPS) is 15.7. The van der Waals surface area contributed by atoms with Crippen LogP contribution in [0.2, 0.25) is 0 Å². The van der Waals surface area contributed by atoms with Gasteiger partial charge in [-0.05, 0) is 82.2 Å². The lowest BCUT2D eigenvalue weighted by atomic mass is 9.91. The van der Waals surface area contributed by atoms with Gasteiger partial charge in [-0.15, -0.1) is 5.10 Å². The minimum atomic E-state index is 0.115. The molecule has 1 aliphatic heterocycles. The van der Waals surface area contributed by atoms with Crippen LogP contribution in [0.1, 0.15) is 52.1 Å². The molecule has 1 amide bonds. The minimum absolute atomic E-state index is 0.115. The molecule has 4 N–H and O–H groups in total. The number of carbonyl (C=O) groups is 1. The lowest BCUT2D eigenvalue weighted by molar-refractivity contribution is -0.132. The number of aliphatic imine (C=N–C) groups is 1. The number of likely N-dealkylation sites (tertiary alicyclic amines) is 1. The molecule has 0 spiro atoms. The molecular weight excluding hydrogens is 428 g/mol. The van der Waals surface area contributed by atoms with E-state index in [0.29, 0.717) is 36.0 Å². The van der Waals surface area contributed by atoms with E-state index < -0.39 is 0 Å². The fraction of sp³-hybridized carbons (Fsp3) is 0.440. The summed E-state index contributed by atoms with van der Waals surface area (Å²) in [4.78, 5) is 23.8. The molecule has 0 aliphatic carbocycles. The van der Waals surface area contributed by atoms with Gasteiger partial charge in [0.1, 0.15) is 11.3 Å². The van der Waals surface area contributed by atoms with Crippen molar-refractivity contribution in [2.75, 3.05) is 13.1 Å². The van der Waals surface area contributed by atoms with Crippen LogP contribution in [0.4, 0.5) is 5.82 Å². The molecule has 3 rings (SSSR count). The number of amides is 1. The molecule has 3 heterocycles. The Kier molecular flexibility index (Phi) is 8.45. The highest BCUT2D eigenvalue weighted by Crippen LogP contribution is 2.22. The second kappa shape index (κ2) is 11.5. The number of hydrogen-bond acceptors (Lipinski definition) is 7. The van der Waals surface area contributed by atoms with Gasteiger partial charge in [-0.3, -0.25) is 20.6 Å². The summed E-state index contributed by atoms with van der Waals surface area (Å²) >= 11 is 0. The van der Waals surface area contributed by atoms with Crippen LogP contribution in [0.15, 0.2) is 52.8 Å². The Balaban J connectivity index is 1.57. The van der Waals surface area contributed by atoms with Gasteiger partial charge in [0.25, 0.3) is 0 Å². The van der Waals surface area contributed by atoms with Crippen molar-refractivity contribution in [3.05, 3.63) is 59.0 Å². The van der Waals surface area contributed by atoms with Crippen molar-refractivity contribution >= 4 is 23.3 Å². The quantitative estimate of drug-likeness (QED) is 0.430. The van der Waals surface area contributed by atoms with E-state index in [-0.39, 0.29) is 17.2 Å². The Bertz CT molecular complexity index is 1140. The predicted octanol–water partition coefficient (Wildman–Crippen LogP) is 3.19. The summed E-state index contributed by atoms with van der Waals surface area (Å²) in [6.45, 7) is 6.77. The number of nitrogens with zero attached hydrogens (tertiary/aromatic N) is 5. The molecular formula is C25H34N8O. The molecule has 1 saturated heterocycles. The van der Waals surface area contributed by atoms with Gasteiger partial charge in [-0.2, -0.15) is 0 Å². The maximum absolute atomic E-state index is 12.9. The second-order valence-electron chi connectivity index (χ2n) is 8.78. The monoisotopic (exact) mass is 462 g/mol. The van der Waals surface area contributed by atoms with Crippen LogP contribution < -0.4 is 11.2 Å². The summed E-state index contributed by atoms with van der Waals surface area (Å²) < 4.78 is 1.21. The first-order chi connectivity index (χ1) is 16.2. The van der Waals surface area contributed by atoms with E-state index in [2.05, 4.69) is 21.1 Å². The molecule has 0 unspecified atom stereocenters. The molecule has 0 radical (unpaired) electrons. The van der Waals surface area contributed by atoms with Crippen molar-refractivity contribution in [3.63, 3.8) is 0 Å². The van der Waals surface area contributed by atoms with Crippen LogP contribution in [-0.4, -0.2) is 50.2 Å². The van der Waals surface area contributed by atoms with Gasteiger partial charge in [0.2, 0.25) is 5.91 Å². The van der Waals surface area contributed by atoms with Gasteiger partial charge in [0.05, 0.1) is 0 Å². The zero-order valence-electron chi connectivity index (χ0n) is 20.2. The number of allylic oxidation sites excluding steroid dienone is 2. The summed E-state index contributed by atoms with van der Waals surface area (Å²) in [5.41, 5.74) is 9.49. The number of pyridine rings is 1. The molecule has 9 nitrogen and oxygen atoms in total. The highest BCUT2D eigenvalue weighted by Gasteiger charge is 2.23. The lowest BCUT2D eigenvalue weighted by Gasteiger charge is -2.32. The van der Waals surface area contributed by atoms with Gasteiger partial charge < -0.3 is 10.6 Å². The van der Waals surface area contributed by atoms with Crippen molar-refractivity contribution in [1.29, 1.82) is 10.8 Å². The average molecular weight is 463 g/mol. The number of nitrogens with two attached hydrogens (primary N) is 1. The number of hydrogen-bond donors (Lipinski definition) is 3. The first kappa shape index (κ1) is 25.0. The van der Waals surface area contributed by atoms with Crippen LogP contribution in [0, 0.1) is 16.7 Å². The molecule has 1 fully saturated rings. The fourth-order valence-electron chi connectivity index (χ4n) is 4.22. The van der Waals surface area contributed by atoms with Gasteiger partial charge in [0, 0.05) is 42.8 Å². The highest BCUT2D eigenvalue weighted by molar-refractivity contribution is 6.00. The second-order valence-corrected chi connectivity index (χ2v) is 8.78. The Labute approximate surface area is 200 Å². The number of rotatable bonds is 7. The van der Waals surface area contributed by atoms with Gasteiger partial charge in [-0.25, -0.2) is 9.67 Å². The molecule has 0 atom stereocenters. The molecule has 2 aromatic heterocycles. The highest BCUT2D eigenvalue weighted by atomic mass is 16.2. The molecule has 180 valence electrons. The van der Waals surface area contributed by atoms with E-state index in [1.54, 1.807) is 19.1 Å². The van der Waals surface area contributed by atoms with E-state index in [4.69, 9.17) is 16.6 Å². The smallest absolute Gasteiger partial charge is 0.222 e. The Morgan fingerprint density at radius 2 is 1.88 bits per heavy atom. The summed E-state index contributed by atoms with van der Waals surface area (Å²) in [7, 11) is 0. The number of nitrogens with one attached hydrogen (secondary N) is 2. The van der Waals surface area contributed by atoms with Crippen molar-refractivity contribution in [2.24, 2.45) is 16.6 Å². The van der Waals surface area contributed by atoms with Crippen LogP contribution in [0.25, 0.3) is 0 Å².